The van der Waals surface area contributed by atoms with Gasteiger partial charge in [-0.05, 0) is 72.9 Å². The van der Waals surface area contributed by atoms with Gasteiger partial charge in [-0.3, -0.25) is 0 Å². The Morgan fingerprint density at radius 2 is 1.10 bits per heavy atom. The average Bonchev–Trinajstić information content (AvgIpc) is 3.64. The first-order valence-corrected chi connectivity index (χ1v) is 14.9. The van der Waals surface area contributed by atoms with E-state index in [1.54, 1.807) is 12.7 Å². The van der Waals surface area contributed by atoms with Crippen LogP contribution in [-0.2, 0) is 4.74 Å². The van der Waals surface area contributed by atoms with Crippen LogP contribution in [0.1, 0.15) is 85.7 Å². The second-order valence-corrected chi connectivity index (χ2v) is 11.5. The van der Waals surface area contributed by atoms with E-state index in [0.717, 1.165) is 48.2 Å². The predicted molar refractivity (Wildman–Crippen MR) is 162 cm³/mol. The zero-order valence-electron chi connectivity index (χ0n) is 22.1. The van der Waals surface area contributed by atoms with Gasteiger partial charge in [0.1, 0.15) is 0 Å². The molecule has 0 amide bonds. The van der Waals surface area contributed by atoms with Crippen LogP contribution >= 0.6 is 46.4 Å². The Balaban J connectivity index is 1.44. The minimum Gasteiger partial charge on any atom is -0.381 e. The maximum Gasteiger partial charge on any atom is 0.0921 e. The summed E-state index contributed by atoms with van der Waals surface area (Å²) in [5, 5.41) is 2.65. The Kier molecular flexibility index (Phi) is 11.2. The van der Waals surface area contributed by atoms with Crippen LogP contribution in [0.4, 0.5) is 0 Å². The number of rotatable bonds is 14. The lowest BCUT2D eigenvalue weighted by atomic mass is 9.80. The lowest BCUT2D eigenvalue weighted by molar-refractivity contribution is 0.114. The maximum atomic E-state index is 6.62. The van der Waals surface area contributed by atoms with Crippen LogP contribution in [-0.4, -0.2) is 33.1 Å². The molecule has 4 rings (SSSR count). The molecule has 9 heteroatoms. The first kappa shape index (κ1) is 30.0. The summed E-state index contributed by atoms with van der Waals surface area (Å²) in [6, 6.07) is 11.5. The number of nitrogens with one attached hydrogen (secondary N) is 2. The molecule has 2 aromatic carbocycles. The minimum atomic E-state index is 0.177. The number of hydrogen-bond acceptors (Lipinski definition) is 3. The van der Waals surface area contributed by atoms with E-state index in [1.165, 1.54) is 0 Å². The third-order valence-electron chi connectivity index (χ3n) is 7.56. The normalized spacial score (nSPS) is 14.7. The summed E-state index contributed by atoms with van der Waals surface area (Å²) >= 11 is 25.6. The molecule has 0 aliphatic rings. The van der Waals surface area contributed by atoms with E-state index in [-0.39, 0.29) is 23.7 Å². The van der Waals surface area contributed by atoms with E-state index in [9.17, 15) is 0 Å². The molecule has 2 heterocycles. The van der Waals surface area contributed by atoms with Gasteiger partial charge in [0.05, 0.1) is 12.7 Å². The number of imidazole rings is 2. The molecule has 0 saturated carbocycles. The van der Waals surface area contributed by atoms with E-state index >= 15 is 0 Å². The smallest absolute Gasteiger partial charge is 0.0921 e. The zero-order valence-corrected chi connectivity index (χ0v) is 25.2. The molecule has 0 aliphatic carbocycles. The number of H-pyrrole nitrogens is 2. The summed E-state index contributed by atoms with van der Waals surface area (Å²) in [5.41, 5.74) is 4.34. The quantitative estimate of drug-likeness (QED) is 0.140. The second-order valence-electron chi connectivity index (χ2n) is 9.78. The van der Waals surface area contributed by atoms with Crippen molar-refractivity contribution in [3.05, 3.63) is 104 Å². The highest BCUT2D eigenvalue weighted by Crippen LogP contribution is 2.42. The lowest BCUT2D eigenvalue weighted by Gasteiger charge is -2.28. The fraction of sp³-hybridized carbons (Fsp3) is 0.400. The van der Waals surface area contributed by atoms with Gasteiger partial charge in [0.2, 0.25) is 0 Å². The predicted octanol–water partition coefficient (Wildman–Crippen LogP) is 9.80. The van der Waals surface area contributed by atoms with Crippen LogP contribution in [0, 0.1) is 0 Å². The van der Waals surface area contributed by atoms with Crippen molar-refractivity contribution in [3.8, 4) is 0 Å². The second kappa shape index (κ2) is 14.6. The largest absolute Gasteiger partial charge is 0.381 e. The van der Waals surface area contributed by atoms with Gasteiger partial charge in [0.15, 0.2) is 0 Å². The van der Waals surface area contributed by atoms with Crippen LogP contribution in [0.2, 0.25) is 20.1 Å². The highest BCUT2D eigenvalue weighted by Gasteiger charge is 2.28. The number of ether oxygens (including phenoxy) is 1. The number of benzene rings is 2. The first-order valence-electron chi connectivity index (χ1n) is 13.4. The fourth-order valence-corrected chi connectivity index (χ4v) is 6.75. The lowest BCUT2D eigenvalue weighted by Crippen LogP contribution is -2.17. The minimum absolute atomic E-state index is 0.177. The molecule has 0 saturated heterocycles. The van der Waals surface area contributed by atoms with Gasteiger partial charge in [0, 0.05) is 68.9 Å². The van der Waals surface area contributed by atoms with Crippen LogP contribution < -0.4 is 0 Å². The molecule has 0 bridgehead atoms. The first-order chi connectivity index (χ1) is 18.9. The Hall–Kier alpha value is -2.02. The molecular weight excluding hydrogens is 574 g/mol. The van der Waals surface area contributed by atoms with Crippen molar-refractivity contribution >= 4 is 46.4 Å². The molecule has 4 atom stereocenters. The van der Waals surface area contributed by atoms with Crippen LogP contribution in [0.3, 0.4) is 0 Å². The topological polar surface area (TPSA) is 66.6 Å². The molecule has 4 unspecified atom stereocenters. The standard InChI is InChI=1S/C30H34Cl4N4O/c1-3-21(23-7-5-19(31)13-27(23)33)25(29-15-35-17-37-29)9-11-39-12-10-26(30-16-36-18-38-30)22(4-2)24-8-6-20(32)14-28(24)34/h5-8,13-18,21-22,25-26H,3-4,9-12H2,1-2H3,(H,35,37)(H,36,38). The van der Waals surface area contributed by atoms with Gasteiger partial charge in [-0.2, -0.15) is 0 Å². The third kappa shape index (κ3) is 7.59. The molecule has 0 radical (unpaired) electrons. The zero-order chi connectivity index (χ0) is 27.8. The summed E-state index contributed by atoms with van der Waals surface area (Å²) in [4.78, 5) is 15.2. The Bertz CT molecular complexity index is 1200. The van der Waals surface area contributed by atoms with Gasteiger partial charge in [-0.25, -0.2) is 9.97 Å². The van der Waals surface area contributed by atoms with Gasteiger partial charge in [-0.1, -0.05) is 72.4 Å². The van der Waals surface area contributed by atoms with Crippen molar-refractivity contribution in [2.75, 3.05) is 13.2 Å². The average molecular weight is 608 g/mol. The number of hydrogen-bond donors (Lipinski definition) is 2. The highest BCUT2D eigenvalue weighted by molar-refractivity contribution is 6.35. The third-order valence-corrected chi connectivity index (χ3v) is 8.68. The molecule has 4 aromatic rings. The summed E-state index contributed by atoms with van der Waals surface area (Å²) in [6.45, 7) is 5.59. The molecule has 0 fully saturated rings. The van der Waals surface area contributed by atoms with Crippen LogP contribution in [0.15, 0.2) is 61.4 Å². The number of aromatic amines is 2. The highest BCUT2D eigenvalue weighted by atomic mass is 35.5. The molecule has 2 N–H and O–H groups in total. The fourth-order valence-electron chi connectivity index (χ4n) is 5.66. The Morgan fingerprint density at radius 1 is 0.667 bits per heavy atom. The molecule has 0 aliphatic heterocycles. The molecule has 208 valence electrons. The molecule has 5 nitrogen and oxygen atoms in total. The van der Waals surface area contributed by atoms with Gasteiger partial charge in [-0.15, -0.1) is 0 Å². The Morgan fingerprint density at radius 3 is 1.44 bits per heavy atom. The SMILES string of the molecule is CCC(c1ccc(Cl)cc1Cl)C(CCOCCC(c1cnc[nH]1)C(CC)c1ccc(Cl)cc1Cl)c1cnc[nH]1. The maximum absolute atomic E-state index is 6.62. The van der Waals surface area contributed by atoms with Crippen molar-refractivity contribution in [1.82, 2.24) is 19.9 Å². The van der Waals surface area contributed by atoms with Crippen LogP contribution in [0.25, 0.3) is 0 Å². The molecule has 39 heavy (non-hydrogen) atoms. The van der Waals surface area contributed by atoms with Crippen molar-refractivity contribution < 1.29 is 4.74 Å². The number of aromatic nitrogens is 4. The van der Waals surface area contributed by atoms with Gasteiger partial charge < -0.3 is 14.7 Å². The van der Waals surface area contributed by atoms with Gasteiger partial charge >= 0.3 is 0 Å². The van der Waals surface area contributed by atoms with Gasteiger partial charge in [0.25, 0.3) is 0 Å². The monoisotopic (exact) mass is 606 g/mol. The van der Waals surface area contributed by atoms with Crippen molar-refractivity contribution in [3.63, 3.8) is 0 Å². The Labute approximate surface area is 250 Å². The van der Waals surface area contributed by atoms with E-state index in [0.29, 0.717) is 33.3 Å². The van der Waals surface area contributed by atoms with Crippen molar-refractivity contribution in [1.29, 1.82) is 0 Å². The summed E-state index contributed by atoms with van der Waals surface area (Å²) in [7, 11) is 0. The van der Waals surface area contributed by atoms with E-state index < -0.39 is 0 Å². The summed E-state index contributed by atoms with van der Waals surface area (Å²) < 4.78 is 6.27. The summed E-state index contributed by atoms with van der Waals surface area (Å²) in [6.07, 6.45) is 10.7. The van der Waals surface area contributed by atoms with Crippen molar-refractivity contribution in [2.45, 2.75) is 63.2 Å². The molecule has 2 aromatic heterocycles. The number of halogens is 4. The van der Waals surface area contributed by atoms with E-state index in [2.05, 4.69) is 33.8 Å². The molecule has 0 spiro atoms. The van der Waals surface area contributed by atoms with E-state index in [4.69, 9.17) is 51.1 Å². The molecular formula is C30H34Cl4N4O. The van der Waals surface area contributed by atoms with Crippen LogP contribution in [0.5, 0.6) is 0 Å². The van der Waals surface area contributed by atoms with E-state index in [1.807, 2.05) is 48.8 Å². The van der Waals surface area contributed by atoms with Crippen molar-refractivity contribution in [2.24, 2.45) is 0 Å². The summed E-state index contributed by atoms with van der Waals surface area (Å²) in [5.74, 6) is 0.757. The number of nitrogens with zero attached hydrogens (tertiary/aromatic N) is 2.